The molecule has 2 fully saturated rings. The largest absolute Gasteiger partial charge is 0.462 e. The second kappa shape index (κ2) is 12.9. The van der Waals surface area contributed by atoms with Crippen molar-refractivity contribution in [3.05, 3.63) is 98.4 Å². The van der Waals surface area contributed by atoms with Crippen molar-refractivity contribution in [1.29, 1.82) is 0 Å². The molecule has 1 saturated carbocycles. The highest BCUT2D eigenvalue weighted by Gasteiger charge is 2.54. The molecule has 0 amide bonds. The Balaban J connectivity index is 1.26. The van der Waals surface area contributed by atoms with Crippen LogP contribution in [0.2, 0.25) is 0 Å². The highest BCUT2D eigenvalue weighted by molar-refractivity contribution is 6.00. The number of non-ortho nitro benzene ring substituents is 1. The van der Waals surface area contributed by atoms with Crippen molar-refractivity contribution in [2.24, 2.45) is 17.8 Å². The molecule has 1 aliphatic carbocycles. The number of hydrogen-bond donors (Lipinski definition) is 1. The minimum atomic E-state index is -0.888. The number of dihydropyridines is 1. The van der Waals surface area contributed by atoms with Crippen molar-refractivity contribution in [2.45, 2.75) is 32.7 Å². The number of carbonyl (C=O) groups excluding carboxylic acids is 2. The zero-order valence-corrected chi connectivity index (χ0v) is 24.2. The van der Waals surface area contributed by atoms with Crippen molar-refractivity contribution in [1.82, 2.24) is 10.2 Å². The number of benzene rings is 2. The second-order valence-electron chi connectivity index (χ2n) is 11.2. The van der Waals surface area contributed by atoms with Gasteiger partial charge in [-0.2, -0.15) is 0 Å². The van der Waals surface area contributed by atoms with E-state index in [1.807, 2.05) is 6.07 Å². The van der Waals surface area contributed by atoms with Gasteiger partial charge in [0.2, 0.25) is 0 Å². The SMILES string of the molecule is COCCOC(=O)C1=C(C)NC(C)=C(C(=O)OCCC2[C@H]3CN(Cc4ccccc4)C[C@@H]23)C1c1cccc([N+](=O)[O-])c1. The van der Waals surface area contributed by atoms with Gasteiger partial charge in [0.1, 0.15) is 6.61 Å². The smallest absolute Gasteiger partial charge is 0.336 e. The Hall–Kier alpha value is -4.02. The van der Waals surface area contributed by atoms with E-state index in [1.54, 1.807) is 26.0 Å². The average Bonchev–Trinajstić information content (AvgIpc) is 3.42. The molecule has 1 saturated heterocycles. The predicted octanol–water partition coefficient (Wildman–Crippen LogP) is 4.33. The maximum absolute atomic E-state index is 13.6. The molecule has 3 aliphatic rings. The lowest BCUT2D eigenvalue weighted by Gasteiger charge is -2.30. The number of piperidine rings is 1. The number of fused-ring (bicyclic) bond motifs is 1. The summed E-state index contributed by atoms with van der Waals surface area (Å²) in [7, 11) is 1.50. The molecule has 10 heteroatoms. The topological polar surface area (TPSA) is 120 Å². The van der Waals surface area contributed by atoms with Gasteiger partial charge in [0.15, 0.2) is 0 Å². The number of methoxy groups -OCH3 is 1. The van der Waals surface area contributed by atoms with E-state index in [4.69, 9.17) is 14.2 Å². The molecule has 42 heavy (non-hydrogen) atoms. The van der Waals surface area contributed by atoms with Crippen molar-refractivity contribution in [3.8, 4) is 0 Å². The molecule has 0 bridgehead atoms. The Morgan fingerprint density at radius 1 is 0.929 bits per heavy atom. The van der Waals surface area contributed by atoms with E-state index < -0.39 is 22.8 Å². The van der Waals surface area contributed by atoms with E-state index >= 15 is 0 Å². The number of nitro groups is 1. The number of rotatable bonds is 12. The molecule has 0 aromatic heterocycles. The van der Waals surface area contributed by atoms with Crippen LogP contribution in [0.4, 0.5) is 5.69 Å². The van der Waals surface area contributed by atoms with Crippen LogP contribution in [-0.2, 0) is 30.3 Å². The van der Waals surface area contributed by atoms with Crippen LogP contribution in [-0.4, -0.2) is 61.8 Å². The number of ether oxygens (including phenoxy) is 3. The van der Waals surface area contributed by atoms with Crippen molar-refractivity contribution in [3.63, 3.8) is 0 Å². The van der Waals surface area contributed by atoms with Gasteiger partial charge in [-0.25, -0.2) is 9.59 Å². The first kappa shape index (κ1) is 29.5. The van der Waals surface area contributed by atoms with E-state index in [2.05, 4.69) is 34.5 Å². The highest BCUT2D eigenvalue weighted by atomic mass is 16.6. The summed E-state index contributed by atoms with van der Waals surface area (Å²) in [6, 6.07) is 16.4. The number of nitrogens with zero attached hydrogens (tertiary/aromatic N) is 2. The van der Waals surface area contributed by atoms with Crippen molar-refractivity contribution < 1.29 is 28.7 Å². The molecule has 10 nitrogen and oxygen atoms in total. The van der Waals surface area contributed by atoms with Gasteiger partial charge in [-0.15, -0.1) is 0 Å². The predicted molar refractivity (Wildman–Crippen MR) is 155 cm³/mol. The first-order valence-corrected chi connectivity index (χ1v) is 14.3. The van der Waals surface area contributed by atoms with Crippen LogP contribution >= 0.6 is 0 Å². The van der Waals surface area contributed by atoms with Crippen LogP contribution in [0.1, 0.15) is 37.3 Å². The van der Waals surface area contributed by atoms with E-state index in [0.29, 0.717) is 34.7 Å². The fraction of sp³-hybridized carbons (Fsp3) is 0.438. The van der Waals surface area contributed by atoms with Crippen LogP contribution in [0.25, 0.3) is 0 Å². The van der Waals surface area contributed by atoms with Gasteiger partial charge in [-0.1, -0.05) is 42.5 Å². The number of carbonyl (C=O) groups is 2. The molecule has 0 radical (unpaired) electrons. The summed E-state index contributed by atoms with van der Waals surface area (Å²) in [5.74, 6) is -0.284. The lowest BCUT2D eigenvalue weighted by atomic mass is 9.80. The molecule has 2 aromatic carbocycles. The van der Waals surface area contributed by atoms with Crippen LogP contribution in [0.15, 0.2) is 77.1 Å². The van der Waals surface area contributed by atoms with Gasteiger partial charge >= 0.3 is 11.9 Å². The molecule has 0 spiro atoms. The van der Waals surface area contributed by atoms with E-state index in [1.165, 1.54) is 24.8 Å². The van der Waals surface area contributed by atoms with E-state index in [9.17, 15) is 19.7 Å². The maximum Gasteiger partial charge on any atom is 0.336 e. The van der Waals surface area contributed by atoms with Gasteiger partial charge in [-0.3, -0.25) is 15.0 Å². The second-order valence-corrected chi connectivity index (χ2v) is 11.2. The van der Waals surface area contributed by atoms with Crippen molar-refractivity contribution in [2.75, 3.05) is 40.0 Å². The third-order valence-corrected chi connectivity index (χ3v) is 8.52. The Morgan fingerprint density at radius 3 is 2.19 bits per heavy atom. The average molecular weight is 576 g/mol. The molecule has 1 N–H and O–H groups in total. The Bertz CT molecular complexity index is 1390. The van der Waals surface area contributed by atoms with Crippen molar-refractivity contribution >= 4 is 17.6 Å². The molecular weight excluding hydrogens is 538 g/mol. The van der Waals surface area contributed by atoms with Gasteiger partial charge < -0.3 is 19.5 Å². The standard InChI is InChI=1S/C32H37N3O7/c1-20-28(31(36)41-13-12-25-26-18-34(19-27(25)26)17-22-8-5-4-6-9-22)30(23-10-7-11-24(16-23)35(38)39)29(21(2)33-20)32(37)42-15-14-40-3/h4-11,16,25-27,30,33H,12-15,17-19H2,1-3H3/t25?,26-,27+,30?. The molecule has 2 heterocycles. The summed E-state index contributed by atoms with van der Waals surface area (Å²) in [5, 5.41) is 14.7. The number of allylic oxidation sites excluding steroid dienone is 2. The fourth-order valence-corrected chi connectivity index (χ4v) is 6.48. The number of likely N-dealkylation sites (tertiary alicyclic amines) is 1. The van der Waals surface area contributed by atoms with Gasteiger partial charge in [-0.05, 0) is 49.1 Å². The van der Waals surface area contributed by atoms with E-state index in [-0.39, 0.29) is 36.7 Å². The number of esters is 2. The lowest BCUT2D eigenvalue weighted by molar-refractivity contribution is -0.384. The molecule has 4 atom stereocenters. The zero-order chi connectivity index (χ0) is 29.8. The Morgan fingerprint density at radius 2 is 1.57 bits per heavy atom. The normalized spacial score (nSPS) is 23.3. The summed E-state index contributed by atoms with van der Waals surface area (Å²) >= 11 is 0. The minimum Gasteiger partial charge on any atom is -0.462 e. The highest BCUT2D eigenvalue weighted by Crippen LogP contribution is 2.53. The number of hydrogen-bond acceptors (Lipinski definition) is 9. The quantitative estimate of drug-likeness (QED) is 0.171. The summed E-state index contributed by atoms with van der Waals surface area (Å²) in [6.07, 6.45) is 0.780. The summed E-state index contributed by atoms with van der Waals surface area (Å²) in [5.41, 5.74) is 3.10. The van der Waals surface area contributed by atoms with Gasteiger partial charge in [0.25, 0.3) is 5.69 Å². The molecule has 2 unspecified atom stereocenters. The molecule has 5 rings (SSSR count). The molecule has 2 aliphatic heterocycles. The molecule has 222 valence electrons. The Kier molecular flexibility index (Phi) is 9.03. The lowest BCUT2D eigenvalue weighted by Crippen LogP contribution is -2.33. The third kappa shape index (κ3) is 6.39. The summed E-state index contributed by atoms with van der Waals surface area (Å²) in [6.45, 7) is 7.04. The number of nitro benzene ring substituents is 1. The molecular formula is C32H37N3O7. The van der Waals surface area contributed by atoms with Crippen LogP contribution in [0, 0.1) is 27.9 Å². The van der Waals surface area contributed by atoms with Gasteiger partial charge in [0.05, 0.1) is 35.2 Å². The van der Waals surface area contributed by atoms with Crippen LogP contribution in [0.3, 0.4) is 0 Å². The van der Waals surface area contributed by atoms with Crippen LogP contribution < -0.4 is 5.32 Å². The molecule has 2 aromatic rings. The number of nitrogens with one attached hydrogen (secondary N) is 1. The third-order valence-electron chi connectivity index (χ3n) is 8.52. The van der Waals surface area contributed by atoms with Crippen LogP contribution in [0.5, 0.6) is 0 Å². The Labute approximate surface area is 245 Å². The first-order chi connectivity index (χ1) is 20.3. The maximum atomic E-state index is 13.6. The van der Waals surface area contributed by atoms with Gasteiger partial charge in [0, 0.05) is 50.3 Å². The monoisotopic (exact) mass is 575 g/mol. The fourth-order valence-electron chi connectivity index (χ4n) is 6.48. The minimum absolute atomic E-state index is 0.0305. The zero-order valence-electron chi connectivity index (χ0n) is 24.2. The summed E-state index contributed by atoms with van der Waals surface area (Å²) < 4.78 is 16.2. The van der Waals surface area contributed by atoms with E-state index in [0.717, 1.165) is 26.1 Å². The summed E-state index contributed by atoms with van der Waals surface area (Å²) in [4.78, 5) is 40.4. The first-order valence-electron chi connectivity index (χ1n) is 14.3.